The van der Waals surface area contributed by atoms with Gasteiger partial charge in [-0.1, -0.05) is 25.0 Å². The first-order valence-electron chi connectivity index (χ1n) is 10.9. The maximum Gasteiger partial charge on any atom is 0.219 e. The number of nitrogens with one attached hydrogen (secondary N) is 4. The second kappa shape index (κ2) is 12.1. The van der Waals surface area contributed by atoms with E-state index in [1.165, 1.54) is 0 Å². The Labute approximate surface area is 179 Å². The fraction of sp³-hybridized carbons (Fsp3) is 0.636. The maximum absolute atomic E-state index is 11.9. The molecule has 2 amide bonds. The van der Waals surface area contributed by atoms with Crippen LogP contribution in [0.2, 0.25) is 0 Å². The molecular weight excluding hydrogens is 380 g/mol. The molecule has 8 heteroatoms. The van der Waals surface area contributed by atoms with Gasteiger partial charge >= 0.3 is 0 Å². The zero-order valence-electron chi connectivity index (χ0n) is 18.2. The van der Waals surface area contributed by atoms with Gasteiger partial charge in [0.1, 0.15) is 0 Å². The summed E-state index contributed by atoms with van der Waals surface area (Å²) >= 11 is 0. The number of carbonyl (C=O) groups excluding carboxylic acids is 2. The molecule has 0 spiro atoms. The molecule has 4 N–H and O–H groups in total. The van der Waals surface area contributed by atoms with E-state index in [2.05, 4.69) is 57.7 Å². The number of hydrogen-bond acceptors (Lipinski definition) is 6. The van der Waals surface area contributed by atoms with Crippen LogP contribution in [0, 0.1) is 0 Å². The average molecular weight is 417 g/mol. The molecule has 0 saturated heterocycles. The minimum atomic E-state index is -0.197. The van der Waals surface area contributed by atoms with Gasteiger partial charge in [0.25, 0.3) is 0 Å². The molecule has 0 aromatic rings. The van der Waals surface area contributed by atoms with Crippen LogP contribution in [0.5, 0.6) is 0 Å². The van der Waals surface area contributed by atoms with Crippen molar-refractivity contribution >= 4 is 24.2 Å². The molecule has 30 heavy (non-hydrogen) atoms. The van der Waals surface area contributed by atoms with Gasteiger partial charge in [-0.25, -0.2) is 0 Å². The molecule has 0 radical (unpaired) electrons. The number of unbranched alkanes of at least 4 members (excludes halogenated alkanes) is 3. The number of nitrogens with zero attached hydrogens (tertiary/aromatic N) is 2. The van der Waals surface area contributed by atoms with Crippen LogP contribution in [0.15, 0.2) is 34.5 Å². The summed E-state index contributed by atoms with van der Waals surface area (Å²) in [5.74, 6) is 0.172. The summed E-state index contributed by atoms with van der Waals surface area (Å²) in [7, 11) is 0. The van der Waals surface area contributed by atoms with Gasteiger partial charge in [-0.2, -0.15) is 10.2 Å². The maximum atomic E-state index is 11.9. The molecule has 2 heterocycles. The summed E-state index contributed by atoms with van der Waals surface area (Å²) in [6.07, 6.45) is 17.6. The topological polar surface area (TPSA) is 107 Å². The molecule has 2 aliphatic rings. The quantitative estimate of drug-likeness (QED) is 0.345. The number of hydrazone groups is 2. The van der Waals surface area contributed by atoms with Gasteiger partial charge in [-0.05, 0) is 51.7 Å². The van der Waals surface area contributed by atoms with Gasteiger partial charge in [-0.15, -0.1) is 0 Å². The van der Waals surface area contributed by atoms with Gasteiger partial charge in [0.05, 0.1) is 11.1 Å². The number of allylic oxidation sites excluding steroid dienone is 2. The van der Waals surface area contributed by atoms with Crippen molar-refractivity contribution in [3.05, 3.63) is 24.3 Å². The van der Waals surface area contributed by atoms with Crippen LogP contribution in [0.3, 0.4) is 0 Å². The van der Waals surface area contributed by atoms with Crippen molar-refractivity contribution in [1.82, 2.24) is 21.5 Å². The second-order valence-corrected chi connectivity index (χ2v) is 8.45. The lowest BCUT2D eigenvalue weighted by Gasteiger charge is -2.27. The number of rotatable bonds is 13. The zero-order valence-corrected chi connectivity index (χ0v) is 18.2. The van der Waals surface area contributed by atoms with Gasteiger partial charge in [0.2, 0.25) is 11.8 Å². The number of amides is 2. The Bertz CT molecular complexity index is 629. The lowest BCUT2D eigenvalue weighted by Crippen LogP contribution is -2.42. The van der Waals surface area contributed by atoms with Crippen molar-refractivity contribution in [3.8, 4) is 0 Å². The van der Waals surface area contributed by atoms with Crippen molar-refractivity contribution in [2.45, 2.75) is 76.3 Å². The SMILES string of the molecule is CC1(CCNC(=O)CCCCCCC(=O)NCCC2(C)C=CC=NN2)C=CC=NN1. The Morgan fingerprint density at radius 2 is 1.20 bits per heavy atom. The summed E-state index contributed by atoms with van der Waals surface area (Å²) in [5, 5.41) is 14.0. The van der Waals surface area contributed by atoms with Crippen LogP contribution in [0.4, 0.5) is 0 Å². The van der Waals surface area contributed by atoms with E-state index < -0.39 is 0 Å². The fourth-order valence-corrected chi connectivity index (χ4v) is 3.34. The molecule has 2 rings (SSSR count). The standard InChI is InChI=1S/C22H36N6O2/c1-21(11-7-15-25-27-21)13-17-23-19(29)9-5-3-4-6-10-20(30)24-18-14-22(2)12-8-16-26-28-22/h7-8,11-12,15-16,27-28H,3-6,9-10,13-14,17-18H2,1-2H3,(H,23,29)(H,24,30). The van der Waals surface area contributed by atoms with E-state index in [1.807, 2.05) is 12.2 Å². The smallest absolute Gasteiger partial charge is 0.219 e. The van der Waals surface area contributed by atoms with Crippen LogP contribution in [0.25, 0.3) is 0 Å². The van der Waals surface area contributed by atoms with Crippen LogP contribution in [-0.4, -0.2) is 48.4 Å². The van der Waals surface area contributed by atoms with Crippen LogP contribution in [-0.2, 0) is 9.59 Å². The summed E-state index contributed by atoms with van der Waals surface area (Å²) in [6.45, 7) is 5.36. The van der Waals surface area contributed by atoms with E-state index >= 15 is 0 Å². The second-order valence-electron chi connectivity index (χ2n) is 8.45. The Morgan fingerprint density at radius 1 is 0.767 bits per heavy atom. The van der Waals surface area contributed by atoms with Crippen molar-refractivity contribution in [2.75, 3.05) is 13.1 Å². The highest BCUT2D eigenvalue weighted by molar-refractivity contribution is 5.76. The molecular formula is C22H36N6O2. The van der Waals surface area contributed by atoms with Crippen molar-refractivity contribution in [2.24, 2.45) is 10.2 Å². The summed E-state index contributed by atoms with van der Waals surface area (Å²) in [4.78, 5) is 23.9. The number of hydrogen-bond donors (Lipinski definition) is 4. The van der Waals surface area contributed by atoms with Crippen LogP contribution < -0.4 is 21.5 Å². The third-order valence-electron chi connectivity index (χ3n) is 5.38. The van der Waals surface area contributed by atoms with E-state index in [9.17, 15) is 9.59 Å². The van der Waals surface area contributed by atoms with Crippen molar-refractivity contribution in [1.29, 1.82) is 0 Å². The third-order valence-corrected chi connectivity index (χ3v) is 5.38. The molecule has 0 aromatic carbocycles. The normalized spacial score (nSPS) is 24.2. The van der Waals surface area contributed by atoms with E-state index in [0.29, 0.717) is 25.9 Å². The monoisotopic (exact) mass is 416 g/mol. The van der Waals surface area contributed by atoms with E-state index in [-0.39, 0.29) is 22.9 Å². The average Bonchev–Trinajstić information content (AvgIpc) is 2.71. The number of carbonyl (C=O) groups is 2. The lowest BCUT2D eigenvalue weighted by atomic mass is 9.97. The minimum Gasteiger partial charge on any atom is -0.356 e. The first kappa shape index (κ1) is 23.6. The molecule has 0 bridgehead atoms. The molecule has 0 saturated carbocycles. The van der Waals surface area contributed by atoms with Gasteiger partial charge in [0, 0.05) is 38.4 Å². The molecule has 0 aliphatic carbocycles. The lowest BCUT2D eigenvalue weighted by molar-refractivity contribution is -0.122. The van der Waals surface area contributed by atoms with Crippen LogP contribution >= 0.6 is 0 Å². The zero-order chi connectivity index (χ0) is 21.7. The fourth-order valence-electron chi connectivity index (χ4n) is 3.34. The largest absolute Gasteiger partial charge is 0.356 e. The minimum absolute atomic E-state index is 0.0860. The molecule has 2 aliphatic heterocycles. The third kappa shape index (κ3) is 9.24. The predicted octanol–water partition coefficient (Wildman–Crippen LogP) is 2.15. The first-order valence-corrected chi connectivity index (χ1v) is 10.9. The highest BCUT2D eigenvalue weighted by Crippen LogP contribution is 2.14. The summed E-state index contributed by atoms with van der Waals surface area (Å²) < 4.78 is 0. The molecule has 8 nitrogen and oxygen atoms in total. The van der Waals surface area contributed by atoms with Gasteiger partial charge < -0.3 is 21.5 Å². The summed E-state index contributed by atoms with van der Waals surface area (Å²) in [6, 6.07) is 0. The Morgan fingerprint density at radius 3 is 1.57 bits per heavy atom. The van der Waals surface area contributed by atoms with Crippen molar-refractivity contribution in [3.63, 3.8) is 0 Å². The van der Waals surface area contributed by atoms with E-state index in [4.69, 9.17) is 0 Å². The molecule has 0 aromatic heterocycles. The highest BCUT2D eigenvalue weighted by atomic mass is 16.2. The van der Waals surface area contributed by atoms with E-state index in [1.54, 1.807) is 12.4 Å². The van der Waals surface area contributed by atoms with Crippen molar-refractivity contribution < 1.29 is 9.59 Å². The Hall–Kier alpha value is -2.64. The summed E-state index contributed by atoms with van der Waals surface area (Å²) in [5.41, 5.74) is 5.73. The molecule has 2 atom stereocenters. The molecule has 166 valence electrons. The van der Waals surface area contributed by atoms with Gasteiger partial charge in [0.15, 0.2) is 0 Å². The van der Waals surface area contributed by atoms with Crippen LogP contribution in [0.1, 0.15) is 65.2 Å². The Kier molecular flexibility index (Phi) is 9.57. The Balaban J connectivity index is 1.42. The van der Waals surface area contributed by atoms with E-state index in [0.717, 1.165) is 38.5 Å². The molecule has 0 fully saturated rings. The highest BCUT2D eigenvalue weighted by Gasteiger charge is 2.21. The van der Waals surface area contributed by atoms with Gasteiger partial charge in [-0.3, -0.25) is 9.59 Å². The predicted molar refractivity (Wildman–Crippen MR) is 121 cm³/mol. The first-order chi connectivity index (χ1) is 14.4. The molecule has 2 unspecified atom stereocenters.